The van der Waals surface area contributed by atoms with Gasteiger partial charge in [0.2, 0.25) is 0 Å². The minimum Gasteiger partial charge on any atom is -0.459 e. The minimum atomic E-state index is -0.589. The van der Waals surface area contributed by atoms with E-state index in [4.69, 9.17) is 10.2 Å². The normalized spacial score (nSPS) is 10.1. The molecule has 0 spiro atoms. The van der Waals surface area contributed by atoms with Crippen LogP contribution >= 0.6 is 0 Å². The number of nitrogens with two attached hydrogens (primary N) is 1. The van der Waals surface area contributed by atoms with Crippen molar-refractivity contribution in [2.75, 3.05) is 5.32 Å². The maximum atomic E-state index is 11.8. The van der Waals surface area contributed by atoms with Crippen LogP contribution in [-0.2, 0) is 0 Å². The summed E-state index contributed by atoms with van der Waals surface area (Å²) in [4.78, 5) is 23.1. The van der Waals surface area contributed by atoms with Crippen LogP contribution in [0.15, 0.2) is 41.0 Å². The van der Waals surface area contributed by atoms with Crippen molar-refractivity contribution in [1.82, 2.24) is 0 Å². The zero-order chi connectivity index (χ0) is 13.1. The maximum Gasteiger partial charge on any atom is 0.291 e. The molecule has 0 saturated heterocycles. The Morgan fingerprint density at radius 3 is 2.67 bits per heavy atom. The zero-order valence-electron chi connectivity index (χ0n) is 9.77. The van der Waals surface area contributed by atoms with E-state index in [0.717, 1.165) is 5.56 Å². The number of benzene rings is 1. The van der Waals surface area contributed by atoms with E-state index in [1.165, 1.54) is 12.3 Å². The number of aryl methyl sites for hydroxylation is 1. The standard InChI is InChI=1S/C13H12N2O3/c1-8-4-5-10(9(7-8)12(14)16)15-13(17)11-3-2-6-18-11/h2-7H,1H3,(H2,14,16)(H,15,17). The van der Waals surface area contributed by atoms with Crippen molar-refractivity contribution < 1.29 is 14.0 Å². The lowest BCUT2D eigenvalue weighted by Crippen LogP contribution is -2.18. The summed E-state index contributed by atoms with van der Waals surface area (Å²) in [6.07, 6.45) is 1.40. The first kappa shape index (κ1) is 11.9. The first-order valence-electron chi connectivity index (χ1n) is 5.33. The van der Waals surface area contributed by atoms with Crippen LogP contribution in [-0.4, -0.2) is 11.8 Å². The highest BCUT2D eigenvalue weighted by Crippen LogP contribution is 2.18. The topological polar surface area (TPSA) is 85.3 Å². The largest absolute Gasteiger partial charge is 0.459 e. The molecule has 0 radical (unpaired) electrons. The Bertz CT molecular complexity index is 588. The van der Waals surface area contributed by atoms with Gasteiger partial charge in [-0.1, -0.05) is 11.6 Å². The Hall–Kier alpha value is -2.56. The van der Waals surface area contributed by atoms with Gasteiger partial charge in [-0.15, -0.1) is 0 Å². The summed E-state index contributed by atoms with van der Waals surface area (Å²) in [6, 6.07) is 8.19. The summed E-state index contributed by atoms with van der Waals surface area (Å²) in [7, 11) is 0. The van der Waals surface area contributed by atoms with E-state index in [1.54, 1.807) is 24.3 Å². The Kier molecular flexibility index (Phi) is 3.14. The van der Waals surface area contributed by atoms with E-state index in [0.29, 0.717) is 5.69 Å². The number of hydrogen-bond acceptors (Lipinski definition) is 3. The van der Waals surface area contributed by atoms with Gasteiger partial charge in [-0.05, 0) is 31.2 Å². The molecule has 0 fully saturated rings. The van der Waals surface area contributed by atoms with E-state index in [1.807, 2.05) is 6.92 Å². The second-order valence-corrected chi connectivity index (χ2v) is 3.84. The van der Waals surface area contributed by atoms with Crippen LogP contribution in [0.5, 0.6) is 0 Å². The van der Waals surface area contributed by atoms with E-state index in [2.05, 4.69) is 5.32 Å². The number of hydrogen-bond donors (Lipinski definition) is 2. The van der Waals surface area contributed by atoms with Gasteiger partial charge in [0.25, 0.3) is 11.8 Å². The molecular formula is C13H12N2O3. The predicted molar refractivity (Wildman–Crippen MR) is 66.4 cm³/mol. The number of primary amides is 1. The molecule has 0 unspecified atom stereocenters. The zero-order valence-corrected chi connectivity index (χ0v) is 9.77. The second-order valence-electron chi connectivity index (χ2n) is 3.84. The van der Waals surface area contributed by atoms with Gasteiger partial charge >= 0.3 is 0 Å². The fraction of sp³-hybridized carbons (Fsp3) is 0.0769. The number of rotatable bonds is 3. The molecule has 3 N–H and O–H groups in total. The van der Waals surface area contributed by atoms with Crippen LogP contribution in [0, 0.1) is 6.92 Å². The van der Waals surface area contributed by atoms with Crippen molar-refractivity contribution in [1.29, 1.82) is 0 Å². The van der Waals surface area contributed by atoms with Crippen molar-refractivity contribution in [3.63, 3.8) is 0 Å². The molecule has 0 atom stereocenters. The number of nitrogens with one attached hydrogen (secondary N) is 1. The second kappa shape index (κ2) is 4.75. The van der Waals surface area contributed by atoms with Gasteiger partial charge in [-0.3, -0.25) is 9.59 Å². The van der Waals surface area contributed by atoms with E-state index < -0.39 is 11.8 Å². The third-order valence-electron chi connectivity index (χ3n) is 2.43. The molecular weight excluding hydrogens is 232 g/mol. The average Bonchev–Trinajstić information content (AvgIpc) is 2.84. The van der Waals surface area contributed by atoms with Crippen LogP contribution in [0.4, 0.5) is 5.69 Å². The highest BCUT2D eigenvalue weighted by atomic mass is 16.3. The Balaban J connectivity index is 2.29. The number of furan rings is 1. The van der Waals surface area contributed by atoms with E-state index in [-0.39, 0.29) is 11.3 Å². The summed E-state index contributed by atoms with van der Waals surface area (Å²) in [5, 5.41) is 2.59. The minimum absolute atomic E-state index is 0.172. The van der Waals surface area contributed by atoms with Crippen LogP contribution in [0.3, 0.4) is 0 Å². The third kappa shape index (κ3) is 2.40. The number of anilines is 1. The molecule has 1 aromatic carbocycles. The van der Waals surface area contributed by atoms with Crippen LogP contribution in [0.2, 0.25) is 0 Å². The maximum absolute atomic E-state index is 11.8. The van der Waals surface area contributed by atoms with E-state index in [9.17, 15) is 9.59 Å². The lowest BCUT2D eigenvalue weighted by atomic mass is 10.1. The van der Waals surface area contributed by atoms with Crippen molar-refractivity contribution in [3.05, 3.63) is 53.5 Å². The van der Waals surface area contributed by atoms with Crippen molar-refractivity contribution in [3.8, 4) is 0 Å². The van der Waals surface area contributed by atoms with Gasteiger partial charge in [0, 0.05) is 0 Å². The first-order valence-corrected chi connectivity index (χ1v) is 5.33. The van der Waals surface area contributed by atoms with Gasteiger partial charge in [0.05, 0.1) is 17.5 Å². The molecule has 18 heavy (non-hydrogen) atoms. The van der Waals surface area contributed by atoms with Crippen molar-refractivity contribution in [2.45, 2.75) is 6.92 Å². The fourth-order valence-electron chi connectivity index (χ4n) is 1.56. The molecule has 0 saturated carbocycles. The third-order valence-corrected chi connectivity index (χ3v) is 2.43. The summed E-state index contributed by atoms with van der Waals surface area (Å²) in [5.74, 6) is -0.842. The molecule has 2 amide bonds. The number of amides is 2. The Morgan fingerprint density at radius 2 is 2.06 bits per heavy atom. The lowest BCUT2D eigenvalue weighted by Gasteiger charge is -2.08. The van der Waals surface area contributed by atoms with Gasteiger partial charge in [0.15, 0.2) is 5.76 Å². The molecule has 0 aliphatic heterocycles. The molecule has 2 rings (SSSR count). The summed E-state index contributed by atoms with van der Waals surface area (Å²) in [6.45, 7) is 1.84. The Morgan fingerprint density at radius 1 is 1.28 bits per heavy atom. The summed E-state index contributed by atoms with van der Waals surface area (Å²) < 4.78 is 4.96. The fourth-order valence-corrected chi connectivity index (χ4v) is 1.56. The first-order chi connectivity index (χ1) is 8.58. The molecule has 5 heteroatoms. The van der Waals surface area contributed by atoms with Crippen LogP contribution in [0.1, 0.15) is 26.5 Å². The molecule has 1 aromatic heterocycles. The van der Waals surface area contributed by atoms with Gasteiger partial charge in [-0.25, -0.2) is 0 Å². The molecule has 2 aromatic rings. The van der Waals surface area contributed by atoms with E-state index >= 15 is 0 Å². The predicted octanol–water partition coefficient (Wildman–Crippen LogP) is 1.94. The highest BCUT2D eigenvalue weighted by Gasteiger charge is 2.13. The van der Waals surface area contributed by atoms with Crippen LogP contribution in [0.25, 0.3) is 0 Å². The SMILES string of the molecule is Cc1ccc(NC(=O)c2ccco2)c(C(N)=O)c1. The van der Waals surface area contributed by atoms with Gasteiger partial charge in [-0.2, -0.15) is 0 Å². The molecule has 92 valence electrons. The highest BCUT2D eigenvalue weighted by molar-refractivity contribution is 6.07. The molecule has 0 aliphatic carbocycles. The lowest BCUT2D eigenvalue weighted by molar-refractivity contribution is 0.0996. The van der Waals surface area contributed by atoms with Crippen molar-refractivity contribution in [2.24, 2.45) is 5.73 Å². The van der Waals surface area contributed by atoms with Crippen LogP contribution < -0.4 is 11.1 Å². The molecule has 1 heterocycles. The summed E-state index contributed by atoms with van der Waals surface area (Å²) >= 11 is 0. The molecule has 5 nitrogen and oxygen atoms in total. The quantitative estimate of drug-likeness (QED) is 0.865. The molecule has 0 bridgehead atoms. The smallest absolute Gasteiger partial charge is 0.291 e. The summed E-state index contributed by atoms with van der Waals surface area (Å²) in [5.41, 5.74) is 6.80. The van der Waals surface area contributed by atoms with Crippen molar-refractivity contribution >= 4 is 17.5 Å². The number of carbonyl (C=O) groups excluding carboxylic acids is 2. The Labute approximate surface area is 104 Å². The molecule has 0 aliphatic rings. The number of carbonyl (C=O) groups is 2. The van der Waals surface area contributed by atoms with Gasteiger partial charge < -0.3 is 15.5 Å². The van der Waals surface area contributed by atoms with Gasteiger partial charge in [0.1, 0.15) is 0 Å². The monoisotopic (exact) mass is 244 g/mol. The average molecular weight is 244 g/mol.